The van der Waals surface area contributed by atoms with Gasteiger partial charge in [0.25, 0.3) is 5.56 Å². The van der Waals surface area contributed by atoms with Gasteiger partial charge < -0.3 is 14.8 Å². The first-order valence-corrected chi connectivity index (χ1v) is 7.85. The van der Waals surface area contributed by atoms with E-state index in [1.807, 2.05) is 6.07 Å². The number of benzene rings is 1. The molecule has 1 aliphatic heterocycles. The fourth-order valence-corrected chi connectivity index (χ4v) is 2.74. The van der Waals surface area contributed by atoms with Crippen LogP contribution in [0.5, 0.6) is 11.5 Å². The maximum Gasteiger partial charge on any atom is 0.287 e. The number of nitrogens with one attached hydrogen (secondary N) is 1. The van der Waals surface area contributed by atoms with Crippen LogP contribution in [0.15, 0.2) is 23.1 Å². The number of aryl methyl sites for hydroxylation is 1. The Labute approximate surface area is 142 Å². The van der Waals surface area contributed by atoms with Crippen LogP contribution < -0.4 is 20.3 Å². The number of anilines is 1. The standard InChI is InChI=1S/C15H15Cl2N3O3/c1-20-15(21)13(17)11(8-19-20)18-7-9-5-10(16)14-12(6-9)22-3-2-4-23-14/h5-6,8,18H,2-4,7H2,1H3. The number of halogens is 2. The maximum absolute atomic E-state index is 11.8. The molecule has 122 valence electrons. The highest BCUT2D eigenvalue weighted by Crippen LogP contribution is 2.38. The minimum Gasteiger partial charge on any atom is -0.489 e. The molecule has 1 N–H and O–H groups in total. The van der Waals surface area contributed by atoms with Gasteiger partial charge in [0, 0.05) is 20.0 Å². The zero-order chi connectivity index (χ0) is 16.4. The molecule has 0 aliphatic carbocycles. The van der Waals surface area contributed by atoms with Crippen molar-refractivity contribution in [2.45, 2.75) is 13.0 Å². The summed E-state index contributed by atoms with van der Waals surface area (Å²) in [5.41, 5.74) is 1.00. The zero-order valence-corrected chi connectivity index (χ0v) is 13.9. The van der Waals surface area contributed by atoms with Crippen LogP contribution in [0.3, 0.4) is 0 Å². The van der Waals surface area contributed by atoms with Crippen LogP contribution in [0.2, 0.25) is 10.0 Å². The molecule has 0 saturated heterocycles. The minimum absolute atomic E-state index is 0.0999. The molecule has 6 nitrogen and oxygen atoms in total. The molecule has 2 heterocycles. The largest absolute Gasteiger partial charge is 0.489 e. The Hall–Kier alpha value is -1.92. The van der Waals surface area contributed by atoms with E-state index in [1.54, 1.807) is 13.1 Å². The second-order valence-electron chi connectivity index (χ2n) is 5.11. The van der Waals surface area contributed by atoms with Crippen molar-refractivity contribution in [2.75, 3.05) is 18.5 Å². The van der Waals surface area contributed by atoms with Crippen LogP contribution in [-0.4, -0.2) is 23.0 Å². The van der Waals surface area contributed by atoms with Crippen LogP contribution in [0.1, 0.15) is 12.0 Å². The molecule has 1 aromatic carbocycles. The normalized spacial score (nSPS) is 13.5. The van der Waals surface area contributed by atoms with Crippen molar-refractivity contribution in [2.24, 2.45) is 7.05 Å². The van der Waals surface area contributed by atoms with E-state index < -0.39 is 0 Å². The van der Waals surface area contributed by atoms with Gasteiger partial charge in [-0.15, -0.1) is 0 Å². The Balaban J connectivity index is 1.81. The third-order valence-electron chi connectivity index (χ3n) is 3.42. The van der Waals surface area contributed by atoms with E-state index in [9.17, 15) is 4.79 Å². The molecular weight excluding hydrogens is 341 g/mol. The SMILES string of the molecule is Cn1ncc(NCc2cc(Cl)c3c(c2)OCCCO3)c(Cl)c1=O. The fourth-order valence-electron chi connectivity index (χ4n) is 2.22. The lowest BCUT2D eigenvalue weighted by molar-refractivity contribution is 0.297. The van der Waals surface area contributed by atoms with Crippen LogP contribution in [0.4, 0.5) is 5.69 Å². The Bertz CT molecular complexity index is 792. The molecular formula is C15H15Cl2N3O3. The molecule has 0 amide bonds. The van der Waals surface area contributed by atoms with Gasteiger partial charge in [-0.1, -0.05) is 23.2 Å². The van der Waals surface area contributed by atoms with Crippen molar-refractivity contribution in [1.29, 1.82) is 0 Å². The fraction of sp³-hybridized carbons (Fsp3) is 0.333. The van der Waals surface area contributed by atoms with E-state index in [0.717, 1.165) is 12.0 Å². The molecule has 0 unspecified atom stereocenters. The number of hydrogen-bond acceptors (Lipinski definition) is 5. The van der Waals surface area contributed by atoms with Crippen LogP contribution in [0, 0.1) is 0 Å². The van der Waals surface area contributed by atoms with E-state index in [4.69, 9.17) is 32.7 Å². The van der Waals surface area contributed by atoms with E-state index >= 15 is 0 Å². The summed E-state index contributed by atoms with van der Waals surface area (Å²) in [5.74, 6) is 1.20. The lowest BCUT2D eigenvalue weighted by Crippen LogP contribution is -2.21. The van der Waals surface area contributed by atoms with Gasteiger partial charge in [0.05, 0.1) is 30.1 Å². The van der Waals surface area contributed by atoms with Crippen LogP contribution in [0.25, 0.3) is 0 Å². The summed E-state index contributed by atoms with van der Waals surface area (Å²) in [4.78, 5) is 11.8. The van der Waals surface area contributed by atoms with Gasteiger partial charge in [0.15, 0.2) is 11.5 Å². The summed E-state index contributed by atoms with van der Waals surface area (Å²) < 4.78 is 12.4. The Kier molecular flexibility index (Phi) is 4.63. The Morgan fingerprint density at radius 1 is 1.30 bits per heavy atom. The third-order valence-corrected chi connectivity index (χ3v) is 4.07. The van der Waals surface area contributed by atoms with Crippen LogP contribution in [-0.2, 0) is 13.6 Å². The minimum atomic E-state index is -0.353. The number of aromatic nitrogens is 2. The van der Waals surface area contributed by atoms with Crippen LogP contribution >= 0.6 is 23.2 Å². The first-order valence-electron chi connectivity index (χ1n) is 7.10. The van der Waals surface area contributed by atoms with Gasteiger partial charge in [-0.05, 0) is 17.7 Å². The van der Waals surface area contributed by atoms with Crippen molar-refractivity contribution in [3.8, 4) is 11.5 Å². The number of fused-ring (bicyclic) bond motifs is 1. The molecule has 2 aromatic rings. The van der Waals surface area contributed by atoms with Gasteiger partial charge in [-0.2, -0.15) is 5.10 Å². The molecule has 3 rings (SSSR count). The number of nitrogens with zero attached hydrogens (tertiary/aromatic N) is 2. The summed E-state index contributed by atoms with van der Waals surface area (Å²) >= 11 is 12.3. The van der Waals surface area contributed by atoms with Gasteiger partial charge in [-0.3, -0.25) is 4.79 Å². The predicted octanol–water partition coefficient (Wildman–Crippen LogP) is 2.86. The smallest absolute Gasteiger partial charge is 0.287 e. The summed E-state index contributed by atoms with van der Waals surface area (Å²) in [7, 11) is 1.54. The monoisotopic (exact) mass is 355 g/mol. The predicted molar refractivity (Wildman–Crippen MR) is 88.9 cm³/mol. The highest BCUT2D eigenvalue weighted by molar-refractivity contribution is 6.33. The second-order valence-corrected chi connectivity index (χ2v) is 5.90. The van der Waals surface area contributed by atoms with E-state index in [2.05, 4.69) is 10.4 Å². The number of rotatable bonds is 3. The van der Waals surface area contributed by atoms with Crippen molar-refractivity contribution >= 4 is 28.9 Å². The Morgan fingerprint density at radius 3 is 2.91 bits per heavy atom. The molecule has 23 heavy (non-hydrogen) atoms. The number of hydrogen-bond donors (Lipinski definition) is 1. The average Bonchev–Trinajstić information content (AvgIpc) is 2.78. The second kappa shape index (κ2) is 6.68. The summed E-state index contributed by atoms with van der Waals surface area (Å²) in [6, 6.07) is 3.66. The van der Waals surface area contributed by atoms with E-state index in [-0.39, 0.29) is 10.6 Å². The molecule has 8 heteroatoms. The first kappa shape index (κ1) is 16.0. The molecule has 0 spiro atoms. The Morgan fingerprint density at radius 2 is 2.09 bits per heavy atom. The summed E-state index contributed by atoms with van der Waals surface area (Å²) in [6.07, 6.45) is 2.32. The quantitative estimate of drug-likeness (QED) is 0.916. The third kappa shape index (κ3) is 3.38. The average molecular weight is 356 g/mol. The first-order chi connectivity index (χ1) is 11.1. The van der Waals surface area contributed by atoms with Crippen molar-refractivity contribution in [3.63, 3.8) is 0 Å². The molecule has 0 saturated carbocycles. The van der Waals surface area contributed by atoms with Gasteiger partial charge in [-0.25, -0.2) is 4.68 Å². The van der Waals surface area contributed by atoms with E-state index in [0.29, 0.717) is 42.0 Å². The highest BCUT2D eigenvalue weighted by Gasteiger charge is 2.16. The van der Waals surface area contributed by atoms with Crippen molar-refractivity contribution in [1.82, 2.24) is 9.78 Å². The molecule has 0 atom stereocenters. The summed E-state index contributed by atoms with van der Waals surface area (Å²) in [5, 5.41) is 7.62. The summed E-state index contributed by atoms with van der Waals surface area (Å²) in [6.45, 7) is 1.59. The zero-order valence-electron chi connectivity index (χ0n) is 12.4. The molecule has 0 radical (unpaired) electrons. The van der Waals surface area contributed by atoms with Gasteiger partial charge in [0.1, 0.15) is 5.02 Å². The molecule has 0 bridgehead atoms. The number of ether oxygens (including phenoxy) is 2. The maximum atomic E-state index is 11.8. The molecule has 1 aromatic heterocycles. The lowest BCUT2D eigenvalue weighted by Gasteiger charge is -2.13. The van der Waals surface area contributed by atoms with Gasteiger partial charge in [0.2, 0.25) is 0 Å². The molecule has 1 aliphatic rings. The highest BCUT2D eigenvalue weighted by atomic mass is 35.5. The van der Waals surface area contributed by atoms with Gasteiger partial charge >= 0.3 is 0 Å². The van der Waals surface area contributed by atoms with Crippen molar-refractivity contribution < 1.29 is 9.47 Å². The lowest BCUT2D eigenvalue weighted by atomic mass is 10.2. The molecule has 0 fully saturated rings. The van der Waals surface area contributed by atoms with E-state index in [1.165, 1.54) is 10.9 Å². The topological polar surface area (TPSA) is 65.4 Å². The van der Waals surface area contributed by atoms with Crippen molar-refractivity contribution in [3.05, 3.63) is 44.3 Å².